The third kappa shape index (κ3) is 4.20. The molecule has 0 fully saturated rings. The van der Waals surface area contributed by atoms with Crippen molar-refractivity contribution in [3.05, 3.63) is 57.6 Å². The van der Waals surface area contributed by atoms with Gasteiger partial charge in [0, 0.05) is 18.3 Å². The minimum atomic E-state index is -4.96. The van der Waals surface area contributed by atoms with E-state index in [4.69, 9.17) is 23.2 Å². The number of alkyl halides is 5. The average molecular weight is 454 g/mol. The number of hydrogen-bond donors (Lipinski definition) is 1. The second-order valence-corrected chi connectivity index (χ2v) is 6.61. The summed E-state index contributed by atoms with van der Waals surface area (Å²) < 4.78 is 68.6. The Morgan fingerprint density at radius 1 is 1.24 bits per heavy atom. The average Bonchev–Trinajstić information content (AvgIpc) is 3.18. The molecule has 0 saturated carbocycles. The number of aryl methyl sites for hydroxylation is 1. The fourth-order valence-corrected chi connectivity index (χ4v) is 3.07. The maximum Gasteiger partial charge on any atom is 0.435 e. The monoisotopic (exact) mass is 453 g/mol. The zero-order chi connectivity index (χ0) is 21.5. The van der Waals surface area contributed by atoms with Crippen LogP contribution >= 0.6 is 23.2 Å². The van der Waals surface area contributed by atoms with Crippen LogP contribution in [0.5, 0.6) is 0 Å². The lowest BCUT2D eigenvalue weighted by Gasteiger charge is -2.14. The van der Waals surface area contributed by atoms with Gasteiger partial charge in [-0.05, 0) is 18.2 Å². The molecule has 3 rings (SSSR count). The maximum absolute atomic E-state index is 13.7. The second-order valence-electron chi connectivity index (χ2n) is 5.77. The van der Waals surface area contributed by atoms with Crippen molar-refractivity contribution in [1.29, 1.82) is 0 Å². The molecule has 0 saturated heterocycles. The van der Waals surface area contributed by atoms with E-state index in [0.717, 1.165) is 17.1 Å². The largest absolute Gasteiger partial charge is 0.435 e. The molecule has 0 aliphatic heterocycles. The number of aromatic nitrogens is 4. The maximum atomic E-state index is 13.7. The molecule has 154 valence electrons. The van der Waals surface area contributed by atoms with Crippen molar-refractivity contribution >= 4 is 34.8 Å². The van der Waals surface area contributed by atoms with Crippen molar-refractivity contribution in [2.24, 2.45) is 7.05 Å². The van der Waals surface area contributed by atoms with E-state index in [0.29, 0.717) is 4.68 Å². The Bertz CT molecular complexity index is 1080. The molecule has 0 spiro atoms. The van der Waals surface area contributed by atoms with E-state index in [1.807, 2.05) is 5.32 Å². The van der Waals surface area contributed by atoms with Gasteiger partial charge in [-0.25, -0.2) is 13.5 Å². The summed E-state index contributed by atoms with van der Waals surface area (Å²) in [5.74, 6) is -1.19. The van der Waals surface area contributed by atoms with Gasteiger partial charge in [0.15, 0.2) is 5.69 Å². The number of carbonyl (C=O) groups excluding carboxylic acids is 1. The SMILES string of the molecule is Cn1cc(C(=O)Nc2cnn(-c3ccc(Cl)cc3Cl)c2C(F)(F)F)c(C(F)F)n1. The van der Waals surface area contributed by atoms with Crippen molar-refractivity contribution in [3.63, 3.8) is 0 Å². The molecule has 1 N–H and O–H groups in total. The van der Waals surface area contributed by atoms with E-state index >= 15 is 0 Å². The van der Waals surface area contributed by atoms with Gasteiger partial charge in [0.1, 0.15) is 5.69 Å². The molecule has 0 unspecified atom stereocenters. The van der Waals surface area contributed by atoms with Gasteiger partial charge in [0.2, 0.25) is 0 Å². The molecule has 0 aliphatic carbocycles. The Hall–Kier alpha value is -2.66. The van der Waals surface area contributed by atoms with Crippen molar-refractivity contribution in [3.8, 4) is 5.69 Å². The van der Waals surface area contributed by atoms with Gasteiger partial charge in [0.05, 0.1) is 28.2 Å². The Kier molecular flexibility index (Phi) is 5.54. The Balaban J connectivity index is 2.05. The summed E-state index contributed by atoms with van der Waals surface area (Å²) in [6.45, 7) is 0. The molecule has 0 aliphatic rings. The first kappa shape index (κ1) is 21.1. The highest BCUT2D eigenvalue weighted by Crippen LogP contribution is 2.38. The number of nitrogens with one attached hydrogen (secondary N) is 1. The zero-order valence-corrected chi connectivity index (χ0v) is 15.8. The van der Waals surface area contributed by atoms with Crippen LogP contribution in [-0.2, 0) is 13.2 Å². The molecule has 0 bridgehead atoms. The molecule has 2 aromatic heterocycles. The molecule has 1 aromatic carbocycles. The molecule has 0 atom stereocenters. The number of rotatable bonds is 4. The van der Waals surface area contributed by atoms with Crippen molar-refractivity contribution in [1.82, 2.24) is 19.6 Å². The highest BCUT2D eigenvalue weighted by molar-refractivity contribution is 6.35. The van der Waals surface area contributed by atoms with Gasteiger partial charge < -0.3 is 5.32 Å². The molecule has 6 nitrogen and oxygen atoms in total. The molecule has 2 heterocycles. The Morgan fingerprint density at radius 2 is 1.93 bits per heavy atom. The number of amides is 1. The lowest BCUT2D eigenvalue weighted by atomic mass is 10.2. The summed E-state index contributed by atoms with van der Waals surface area (Å²) in [5.41, 5.74) is -3.65. The third-order valence-corrected chi connectivity index (χ3v) is 4.27. The predicted molar refractivity (Wildman–Crippen MR) is 94.7 cm³/mol. The van der Waals surface area contributed by atoms with Crippen molar-refractivity contribution in [2.75, 3.05) is 5.32 Å². The Morgan fingerprint density at radius 3 is 2.52 bits per heavy atom. The van der Waals surface area contributed by atoms with Gasteiger partial charge in [-0.1, -0.05) is 23.2 Å². The molecule has 13 heteroatoms. The number of nitrogens with zero attached hydrogens (tertiary/aromatic N) is 4. The van der Waals surface area contributed by atoms with E-state index in [2.05, 4.69) is 10.2 Å². The lowest BCUT2D eigenvalue weighted by Crippen LogP contribution is -2.19. The summed E-state index contributed by atoms with van der Waals surface area (Å²) in [4.78, 5) is 12.3. The van der Waals surface area contributed by atoms with Crippen LogP contribution in [0, 0.1) is 0 Å². The fraction of sp³-hybridized carbons (Fsp3) is 0.188. The van der Waals surface area contributed by atoms with Gasteiger partial charge in [-0.3, -0.25) is 9.48 Å². The standard InChI is InChI=1S/C16H10Cl2F5N5O/c1-27-6-8(12(26-27)14(19)20)15(29)25-10-5-24-28(13(10)16(21,22)23)11-3-2-7(17)4-9(11)18/h2-6,14H,1H3,(H,25,29). The van der Waals surface area contributed by atoms with Gasteiger partial charge in [-0.2, -0.15) is 23.4 Å². The predicted octanol–water partition coefficient (Wildman–Crippen LogP) is 5.12. The summed E-state index contributed by atoms with van der Waals surface area (Å²) in [5, 5.41) is 9.14. The van der Waals surface area contributed by atoms with Crippen LogP contribution in [0.25, 0.3) is 5.69 Å². The molecule has 3 aromatic rings. The first-order chi connectivity index (χ1) is 13.5. The fourth-order valence-electron chi connectivity index (χ4n) is 2.58. The van der Waals surface area contributed by atoms with Crippen molar-refractivity contribution < 1.29 is 26.7 Å². The molecular formula is C16H10Cl2F5N5O. The summed E-state index contributed by atoms with van der Waals surface area (Å²) >= 11 is 11.7. The minimum Gasteiger partial charge on any atom is -0.319 e. The lowest BCUT2D eigenvalue weighted by molar-refractivity contribution is -0.142. The van der Waals surface area contributed by atoms with Crippen LogP contribution in [-0.4, -0.2) is 25.5 Å². The minimum absolute atomic E-state index is 0.115. The number of benzene rings is 1. The zero-order valence-electron chi connectivity index (χ0n) is 14.3. The van der Waals surface area contributed by atoms with Crippen molar-refractivity contribution in [2.45, 2.75) is 12.6 Å². The highest BCUT2D eigenvalue weighted by atomic mass is 35.5. The first-order valence-electron chi connectivity index (χ1n) is 7.72. The Labute approximate surface area is 169 Å². The van der Waals surface area contributed by atoms with E-state index in [1.54, 1.807) is 0 Å². The van der Waals surface area contributed by atoms with Gasteiger partial charge >= 0.3 is 6.18 Å². The highest BCUT2D eigenvalue weighted by Gasteiger charge is 2.40. The summed E-state index contributed by atoms with van der Waals surface area (Å²) in [6.07, 6.45) is -6.33. The van der Waals surface area contributed by atoms with Crippen LogP contribution in [0.15, 0.2) is 30.6 Å². The molecule has 1 amide bonds. The van der Waals surface area contributed by atoms with Crippen LogP contribution in [0.3, 0.4) is 0 Å². The van der Waals surface area contributed by atoms with E-state index in [1.165, 1.54) is 25.2 Å². The molecule has 29 heavy (non-hydrogen) atoms. The summed E-state index contributed by atoms with van der Waals surface area (Å²) in [7, 11) is 1.30. The second kappa shape index (κ2) is 7.64. The number of anilines is 1. The van der Waals surface area contributed by atoms with Crippen LogP contribution in [0.2, 0.25) is 10.0 Å². The third-order valence-electron chi connectivity index (χ3n) is 3.73. The van der Waals surface area contributed by atoms with Gasteiger partial charge in [0.25, 0.3) is 12.3 Å². The van der Waals surface area contributed by atoms with E-state index in [9.17, 15) is 26.7 Å². The van der Waals surface area contributed by atoms with E-state index < -0.39 is 41.1 Å². The molecule has 0 radical (unpaired) electrons. The molecular weight excluding hydrogens is 444 g/mol. The normalized spacial score (nSPS) is 11.9. The summed E-state index contributed by atoms with van der Waals surface area (Å²) in [6, 6.07) is 3.75. The quantitative estimate of drug-likeness (QED) is 0.557. The topological polar surface area (TPSA) is 64.7 Å². The van der Waals surface area contributed by atoms with Crippen LogP contribution in [0.1, 0.15) is 28.2 Å². The van der Waals surface area contributed by atoms with Crippen LogP contribution < -0.4 is 5.32 Å². The number of hydrogen-bond acceptors (Lipinski definition) is 3. The smallest absolute Gasteiger partial charge is 0.319 e. The number of carbonyl (C=O) groups is 1. The van der Waals surface area contributed by atoms with Gasteiger partial charge in [-0.15, -0.1) is 0 Å². The number of halogens is 7. The first-order valence-corrected chi connectivity index (χ1v) is 8.48. The van der Waals surface area contributed by atoms with E-state index in [-0.39, 0.29) is 15.7 Å². The van der Waals surface area contributed by atoms with Crippen LogP contribution in [0.4, 0.5) is 27.6 Å².